The third-order valence-electron chi connectivity index (χ3n) is 3.31. The van der Waals surface area contributed by atoms with Crippen LogP contribution in [0.2, 0.25) is 0 Å². The van der Waals surface area contributed by atoms with Gasteiger partial charge in [0.15, 0.2) is 0 Å². The van der Waals surface area contributed by atoms with Gasteiger partial charge >= 0.3 is 0 Å². The number of carbonyl (C=O) groups excluding carboxylic acids is 1. The van der Waals surface area contributed by atoms with Gasteiger partial charge in [-0.1, -0.05) is 19.1 Å². The number of nitrogens with one attached hydrogen (secondary N) is 1. The molecule has 0 aromatic heterocycles. The molecule has 1 aromatic rings. The van der Waals surface area contributed by atoms with Crippen molar-refractivity contribution in [1.29, 1.82) is 0 Å². The molecule has 0 aliphatic rings. The summed E-state index contributed by atoms with van der Waals surface area (Å²) in [5, 5.41) is 2.76. The number of nitrogens with zero attached hydrogens (tertiary/aromatic N) is 1. The van der Waals surface area contributed by atoms with Crippen molar-refractivity contribution in [3.8, 4) is 0 Å². The van der Waals surface area contributed by atoms with Gasteiger partial charge in [0, 0.05) is 12.6 Å². The van der Waals surface area contributed by atoms with Crippen LogP contribution in [0.5, 0.6) is 0 Å². The minimum Gasteiger partial charge on any atom is -0.355 e. The van der Waals surface area contributed by atoms with Crippen molar-refractivity contribution in [3.63, 3.8) is 0 Å². The predicted octanol–water partition coefficient (Wildman–Crippen LogP) is 1.67. The van der Waals surface area contributed by atoms with Gasteiger partial charge in [0.1, 0.15) is 5.82 Å². The summed E-state index contributed by atoms with van der Waals surface area (Å²) in [6, 6.07) is 6.06. The SMILES string of the molecule is CCNC(=O)CN(C)C(c1cccc(F)c1)C(N)CC. The highest BCUT2D eigenvalue weighted by Crippen LogP contribution is 2.24. The van der Waals surface area contributed by atoms with Crippen molar-refractivity contribution in [2.75, 3.05) is 20.1 Å². The van der Waals surface area contributed by atoms with E-state index < -0.39 is 0 Å². The van der Waals surface area contributed by atoms with Crippen LogP contribution in [0.4, 0.5) is 4.39 Å². The molecule has 0 saturated heterocycles. The molecule has 2 unspecified atom stereocenters. The molecule has 2 atom stereocenters. The molecule has 0 radical (unpaired) electrons. The first-order valence-corrected chi connectivity index (χ1v) is 6.97. The Kier molecular flexibility index (Phi) is 6.61. The fraction of sp³-hybridized carbons (Fsp3) is 0.533. The summed E-state index contributed by atoms with van der Waals surface area (Å²) in [7, 11) is 1.83. The van der Waals surface area contributed by atoms with Crippen LogP contribution >= 0.6 is 0 Å². The molecule has 0 spiro atoms. The number of carbonyl (C=O) groups is 1. The lowest BCUT2D eigenvalue weighted by Crippen LogP contribution is -2.43. The summed E-state index contributed by atoms with van der Waals surface area (Å²) < 4.78 is 13.4. The summed E-state index contributed by atoms with van der Waals surface area (Å²) in [6.07, 6.45) is 0.751. The van der Waals surface area contributed by atoms with Crippen LogP contribution in [0.3, 0.4) is 0 Å². The molecule has 1 amide bonds. The van der Waals surface area contributed by atoms with Crippen molar-refractivity contribution in [1.82, 2.24) is 10.2 Å². The van der Waals surface area contributed by atoms with E-state index in [4.69, 9.17) is 5.73 Å². The van der Waals surface area contributed by atoms with Crippen molar-refractivity contribution in [3.05, 3.63) is 35.6 Å². The third-order valence-corrected chi connectivity index (χ3v) is 3.31. The number of halogens is 1. The molecule has 0 aliphatic heterocycles. The van der Waals surface area contributed by atoms with E-state index in [1.54, 1.807) is 6.07 Å². The third kappa shape index (κ3) is 4.58. The second kappa shape index (κ2) is 7.97. The quantitative estimate of drug-likeness (QED) is 0.799. The predicted molar refractivity (Wildman–Crippen MR) is 78.7 cm³/mol. The maximum absolute atomic E-state index is 13.4. The zero-order valence-electron chi connectivity index (χ0n) is 12.4. The maximum Gasteiger partial charge on any atom is 0.234 e. The van der Waals surface area contributed by atoms with Crippen molar-refractivity contribution in [2.45, 2.75) is 32.4 Å². The lowest BCUT2D eigenvalue weighted by molar-refractivity contribution is -0.122. The molecule has 1 rings (SSSR count). The van der Waals surface area contributed by atoms with Crippen LogP contribution in [-0.4, -0.2) is 37.0 Å². The van der Waals surface area contributed by atoms with Crippen LogP contribution in [0.25, 0.3) is 0 Å². The summed E-state index contributed by atoms with van der Waals surface area (Å²) in [4.78, 5) is 13.6. The van der Waals surface area contributed by atoms with Crippen molar-refractivity contribution < 1.29 is 9.18 Å². The van der Waals surface area contributed by atoms with Crippen LogP contribution in [0, 0.1) is 5.82 Å². The molecule has 5 heteroatoms. The Hall–Kier alpha value is -1.46. The Bertz CT molecular complexity index is 439. The average Bonchev–Trinajstić information content (AvgIpc) is 2.39. The molecule has 0 heterocycles. The van der Waals surface area contributed by atoms with Gasteiger partial charge in [-0.3, -0.25) is 9.69 Å². The van der Waals surface area contributed by atoms with Gasteiger partial charge in [-0.2, -0.15) is 0 Å². The number of rotatable bonds is 7. The van der Waals surface area contributed by atoms with Gasteiger partial charge in [0.2, 0.25) is 5.91 Å². The lowest BCUT2D eigenvalue weighted by atomic mass is 9.96. The first kappa shape index (κ1) is 16.6. The number of benzene rings is 1. The number of hydrogen-bond donors (Lipinski definition) is 2. The van der Waals surface area contributed by atoms with Gasteiger partial charge in [-0.05, 0) is 38.1 Å². The number of nitrogens with two attached hydrogens (primary N) is 1. The van der Waals surface area contributed by atoms with E-state index >= 15 is 0 Å². The Labute approximate surface area is 120 Å². The van der Waals surface area contributed by atoms with Crippen molar-refractivity contribution >= 4 is 5.91 Å². The smallest absolute Gasteiger partial charge is 0.234 e. The van der Waals surface area contributed by atoms with Crippen LogP contribution in [0.1, 0.15) is 31.9 Å². The molecule has 20 heavy (non-hydrogen) atoms. The molecule has 0 saturated carbocycles. The lowest BCUT2D eigenvalue weighted by Gasteiger charge is -2.32. The van der Waals surface area contributed by atoms with Gasteiger partial charge < -0.3 is 11.1 Å². The highest BCUT2D eigenvalue weighted by molar-refractivity contribution is 5.77. The molecule has 4 nitrogen and oxygen atoms in total. The monoisotopic (exact) mass is 281 g/mol. The zero-order chi connectivity index (χ0) is 15.1. The largest absolute Gasteiger partial charge is 0.355 e. The molecule has 112 valence electrons. The summed E-state index contributed by atoms with van der Waals surface area (Å²) in [5.41, 5.74) is 6.95. The first-order chi connectivity index (χ1) is 9.49. The standard InChI is InChI=1S/C15H24FN3O/c1-4-13(17)15(11-7-6-8-12(16)9-11)19(3)10-14(20)18-5-2/h6-9,13,15H,4-5,10,17H2,1-3H3,(H,18,20). The maximum atomic E-state index is 13.4. The fourth-order valence-electron chi connectivity index (χ4n) is 2.32. The van der Waals surface area contributed by atoms with E-state index in [0.717, 1.165) is 12.0 Å². The van der Waals surface area contributed by atoms with Crippen LogP contribution in [0.15, 0.2) is 24.3 Å². The van der Waals surface area contributed by atoms with E-state index in [0.29, 0.717) is 6.54 Å². The van der Waals surface area contributed by atoms with Crippen LogP contribution < -0.4 is 11.1 Å². The minimum absolute atomic E-state index is 0.0558. The topological polar surface area (TPSA) is 58.4 Å². The van der Waals surface area contributed by atoms with E-state index in [1.165, 1.54) is 12.1 Å². The molecule has 1 aromatic carbocycles. The second-order valence-electron chi connectivity index (χ2n) is 4.94. The van der Waals surface area contributed by atoms with Gasteiger partial charge in [0.05, 0.1) is 12.6 Å². The molecule has 0 bridgehead atoms. The number of amides is 1. The molecular formula is C15H24FN3O. The fourth-order valence-corrected chi connectivity index (χ4v) is 2.32. The van der Waals surface area contributed by atoms with E-state index in [-0.39, 0.29) is 30.4 Å². The molecular weight excluding hydrogens is 257 g/mol. The second-order valence-corrected chi connectivity index (χ2v) is 4.94. The molecule has 0 aliphatic carbocycles. The van der Waals surface area contributed by atoms with Crippen molar-refractivity contribution in [2.24, 2.45) is 5.73 Å². The highest BCUT2D eigenvalue weighted by atomic mass is 19.1. The summed E-state index contributed by atoms with van der Waals surface area (Å²) in [5.74, 6) is -0.345. The molecule has 0 fully saturated rings. The van der Waals surface area contributed by atoms with Gasteiger partial charge in [0.25, 0.3) is 0 Å². The first-order valence-electron chi connectivity index (χ1n) is 6.97. The average molecular weight is 281 g/mol. The zero-order valence-corrected chi connectivity index (χ0v) is 12.4. The van der Waals surface area contributed by atoms with E-state index in [1.807, 2.05) is 31.9 Å². The Balaban J connectivity index is 2.92. The van der Waals surface area contributed by atoms with E-state index in [9.17, 15) is 9.18 Å². The van der Waals surface area contributed by atoms with Gasteiger partial charge in [-0.25, -0.2) is 4.39 Å². The Morgan fingerprint density at radius 2 is 2.15 bits per heavy atom. The van der Waals surface area contributed by atoms with Gasteiger partial charge in [-0.15, -0.1) is 0 Å². The van der Waals surface area contributed by atoms with E-state index in [2.05, 4.69) is 5.32 Å². The summed E-state index contributed by atoms with van der Waals surface area (Å²) in [6.45, 7) is 4.69. The van der Waals surface area contributed by atoms with Crippen LogP contribution in [-0.2, 0) is 4.79 Å². The number of hydrogen-bond acceptors (Lipinski definition) is 3. The minimum atomic E-state index is -0.290. The Morgan fingerprint density at radius 1 is 1.45 bits per heavy atom. The normalized spacial score (nSPS) is 14.1. The number of likely N-dealkylation sites (N-methyl/N-ethyl adjacent to an activating group) is 2. The molecule has 3 N–H and O–H groups in total. The summed E-state index contributed by atoms with van der Waals surface area (Å²) >= 11 is 0. The Morgan fingerprint density at radius 3 is 2.70 bits per heavy atom. The highest BCUT2D eigenvalue weighted by Gasteiger charge is 2.24.